The number of carbonyl (C=O) groups is 1. The van der Waals surface area contributed by atoms with E-state index in [1.165, 1.54) is 31.4 Å². The number of halogens is 1. The van der Waals surface area contributed by atoms with Crippen molar-refractivity contribution in [1.29, 1.82) is 0 Å². The zero-order chi connectivity index (χ0) is 22.2. The molecule has 0 fully saturated rings. The third kappa shape index (κ3) is 3.55. The lowest BCUT2D eigenvalue weighted by atomic mass is 10.1. The number of nitrogens with zero attached hydrogens (tertiary/aromatic N) is 1. The van der Waals surface area contributed by atoms with E-state index in [1.807, 2.05) is 0 Å². The zero-order valence-corrected chi connectivity index (χ0v) is 17.5. The van der Waals surface area contributed by atoms with Gasteiger partial charge in [-0.15, -0.1) is 0 Å². The van der Waals surface area contributed by atoms with E-state index in [9.17, 15) is 17.6 Å². The third-order valence-electron chi connectivity index (χ3n) is 4.91. The first kappa shape index (κ1) is 20.6. The van der Waals surface area contributed by atoms with Gasteiger partial charge in [-0.25, -0.2) is 12.8 Å². The van der Waals surface area contributed by atoms with Crippen LogP contribution in [0.3, 0.4) is 0 Å². The highest BCUT2D eigenvalue weighted by atomic mass is 32.2. The van der Waals surface area contributed by atoms with Gasteiger partial charge in [0.25, 0.3) is 0 Å². The fourth-order valence-corrected chi connectivity index (χ4v) is 4.90. The number of rotatable bonds is 5. The first-order valence-electron chi connectivity index (χ1n) is 9.24. The Morgan fingerprint density at radius 1 is 0.903 bits per heavy atom. The molecule has 1 aliphatic heterocycles. The van der Waals surface area contributed by atoms with E-state index in [-0.39, 0.29) is 16.1 Å². The molecule has 8 heteroatoms. The van der Waals surface area contributed by atoms with Gasteiger partial charge in [0.15, 0.2) is 11.5 Å². The third-order valence-corrected chi connectivity index (χ3v) is 6.71. The fraction of sp³-hybridized carbons (Fsp3) is 0.0870. The van der Waals surface area contributed by atoms with Crippen molar-refractivity contribution in [2.45, 2.75) is 4.90 Å². The van der Waals surface area contributed by atoms with E-state index in [2.05, 4.69) is 0 Å². The van der Waals surface area contributed by atoms with E-state index >= 15 is 0 Å². The van der Waals surface area contributed by atoms with Gasteiger partial charge in [0.2, 0.25) is 15.6 Å². The number of methoxy groups -OCH3 is 2. The number of hydrogen-bond acceptors (Lipinski definition) is 6. The number of benzene rings is 3. The molecular formula is C23H18FNO5S. The summed E-state index contributed by atoms with van der Waals surface area (Å²) in [6, 6.07) is 16.4. The van der Waals surface area contributed by atoms with Gasteiger partial charge in [-0.3, -0.25) is 4.79 Å². The minimum absolute atomic E-state index is 0.0943. The number of ether oxygens (including phenoxy) is 2. The standard InChI is InChI=1S/C23H18FNO5S/c1-29-19-10-9-17(13-20(19)30-2)25-14-22(23(26)15-6-4-3-5-7-15)31(27,28)21-11-8-16(24)12-18(21)25/h3-14H,1-2H3. The minimum Gasteiger partial charge on any atom is -0.493 e. The molecular weight excluding hydrogens is 421 g/mol. The van der Waals surface area contributed by atoms with Gasteiger partial charge in [0.05, 0.1) is 24.8 Å². The molecule has 6 nitrogen and oxygen atoms in total. The van der Waals surface area contributed by atoms with Crippen LogP contribution in [-0.2, 0) is 9.84 Å². The topological polar surface area (TPSA) is 72.9 Å². The predicted molar refractivity (Wildman–Crippen MR) is 114 cm³/mol. The van der Waals surface area contributed by atoms with Crippen LogP contribution in [0.5, 0.6) is 11.5 Å². The average Bonchev–Trinajstić information content (AvgIpc) is 2.78. The molecule has 0 saturated heterocycles. The first-order chi connectivity index (χ1) is 14.9. The molecule has 0 unspecified atom stereocenters. The molecule has 1 aliphatic rings. The summed E-state index contributed by atoms with van der Waals surface area (Å²) in [5.74, 6) is -0.387. The average molecular weight is 439 g/mol. The quantitative estimate of drug-likeness (QED) is 0.431. The van der Waals surface area contributed by atoms with Gasteiger partial charge in [-0.1, -0.05) is 30.3 Å². The van der Waals surface area contributed by atoms with Crippen LogP contribution in [0.15, 0.2) is 82.7 Å². The Balaban J connectivity index is 1.95. The maximum atomic E-state index is 14.1. The van der Waals surface area contributed by atoms with Crippen LogP contribution in [0.1, 0.15) is 10.4 Å². The zero-order valence-electron chi connectivity index (χ0n) is 16.7. The van der Waals surface area contributed by atoms with E-state index in [0.29, 0.717) is 17.2 Å². The Morgan fingerprint density at radius 2 is 1.61 bits per heavy atom. The minimum atomic E-state index is -4.17. The summed E-state index contributed by atoms with van der Waals surface area (Å²) in [6.45, 7) is 0. The lowest BCUT2D eigenvalue weighted by Crippen LogP contribution is -2.26. The molecule has 0 aromatic heterocycles. The van der Waals surface area contributed by atoms with Crippen molar-refractivity contribution < 1.29 is 27.1 Å². The lowest BCUT2D eigenvalue weighted by Gasteiger charge is -2.29. The van der Waals surface area contributed by atoms with Gasteiger partial charge < -0.3 is 14.4 Å². The molecule has 0 atom stereocenters. The molecule has 0 bridgehead atoms. The molecule has 4 rings (SSSR count). The second-order valence-electron chi connectivity index (χ2n) is 6.71. The summed E-state index contributed by atoms with van der Waals surface area (Å²) in [4.78, 5) is 14.0. The van der Waals surface area contributed by atoms with Crippen molar-refractivity contribution in [3.05, 3.63) is 89.2 Å². The van der Waals surface area contributed by atoms with Crippen LogP contribution in [-0.4, -0.2) is 28.4 Å². The molecule has 0 radical (unpaired) electrons. The van der Waals surface area contributed by atoms with Crippen molar-refractivity contribution in [2.75, 3.05) is 19.1 Å². The second kappa shape index (κ2) is 7.88. The Kier molecular flexibility index (Phi) is 5.24. The van der Waals surface area contributed by atoms with Crippen LogP contribution >= 0.6 is 0 Å². The van der Waals surface area contributed by atoms with E-state index in [4.69, 9.17) is 9.47 Å². The van der Waals surface area contributed by atoms with Crippen molar-refractivity contribution in [3.8, 4) is 11.5 Å². The number of sulfone groups is 1. The molecule has 0 saturated carbocycles. The number of hydrogen-bond donors (Lipinski definition) is 0. The Labute approximate surface area is 179 Å². The van der Waals surface area contributed by atoms with Gasteiger partial charge in [0, 0.05) is 23.5 Å². The van der Waals surface area contributed by atoms with Crippen molar-refractivity contribution >= 4 is 27.0 Å². The maximum Gasteiger partial charge on any atom is 0.214 e. The smallest absolute Gasteiger partial charge is 0.214 e. The van der Waals surface area contributed by atoms with Crippen LogP contribution in [0.25, 0.3) is 0 Å². The molecule has 31 heavy (non-hydrogen) atoms. The molecule has 3 aromatic carbocycles. The van der Waals surface area contributed by atoms with Gasteiger partial charge >= 0.3 is 0 Å². The monoisotopic (exact) mass is 439 g/mol. The lowest BCUT2D eigenvalue weighted by molar-refractivity contribution is 0.104. The first-order valence-corrected chi connectivity index (χ1v) is 10.7. The highest BCUT2D eigenvalue weighted by Crippen LogP contribution is 2.42. The maximum absolute atomic E-state index is 14.1. The van der Waals surface area contributed by atoms with Gasteiger partial charge in [-0.2, -0.15) is 0 Å². The number of Topliss-reactive ketones (excluding diaryl/α,β-unsaturated/α-hetero) is 1. The van der Waals surface area contributed by atoms with E-state index in [0.717, 1.165) is 12.1 Å². The van der Waals surface area contributed by atoms with E-state index in [1.54, 1.807) is 48.5 Å². The van der Waals surface area contributed by atoms with Crippen molar-refractivity contribution in [2.24, 2.45) is 0 Å². The number of ketones is 1. The number of allylic oxidation sites excluding steroid dienone is 1. The van der Waals surface area contributed by atoms with Crippen LogP contribution < -0.4 is 14.4 Å². The largest absolute Gasteiger partial charge is 0.493 e. The predicted octanol–water partition coefficient (Wildman–Crippen LogP) is 4.49. The van der Waals surface area contributed by atoms with E-state index < -0.39 is 26.3 Å². The second-order valence-corrected chi connectivity index (χ2v) is 8.60. The summed E-state index contributed by atoms with van der Waals surface area (Å²) < 4.78 is 51.1. The SMILES string of the molecule is COc1ccc(N2C=C(C(=O)c3ccccc3)S(=O)(=O)c3ccc(F)cc32)cc1OC. The van der Waals surface area contributed by atoms with Crippen LogP contribution in [0.4, 0.5) is 15.8 Å². The molecule has 0 spiro atoms. The molecule has 0 N–H and O–H groups in total. The van der Waals surface area contributed by atoms with Crippen molar-refractivity contribution in [3.63, 3.8) is 0 Å². The number of anilines is 2. The molecule has 0 aliphatic carbocycles. The summed E-state index contributed by atoms with van der Waals surface area (Å²) in [5.41, 5.74) is 0.796. The molecule has 0 amide bonds. The van der Waals surface area contributed by atoms with Crippen molar-refractivity contribution in [1.82, 2.24) is 0 Å². The Morgan fingerprint density at radius 3 is 2.29 bits per heavy atom. The normalized spacial score (nSPS) is 14.4. The number of fused-ring (bicyclic) bond motifs is 1. The molecule has 158 valence electrons. The van der Waals surface area contributed by atoms with Gasteiger partial charge in [0.1, 0.15) is 10.7 Å². The summed E-state index contributed by atoms with van der Waals surface area (Å²) in [5, 5.41) is 0. The highest BCUT2D eigenvalue weighted by molar-refractivity contribution is 7.96. The van der Waals surface area contributed by atoms with Gasteiger partial charge in [-0.05, 0) is 30.3 Å². The summed E-state index contributed by atoms with van der Waals surface area (Å²) >= 11 is 0. The Bertz CT molecular complexity index is 1300. The highest BCUT2D eigenvalue weighted by Gasteiger charge is 2.36. The molecule has 1 heterocycles. The Hall–Kier alpha value is -3.65. The fourth-order valence-electron chi connectivity index (χ4n) is 3.38. The molecule has 3 aromatic rings. The summed E-state index contributed by atoms with van der Waals surface area (Å²) in [6.07, 6.45) is 1.22. The summed E-state index contributed by atoms with van der Waals surface area (Å²) in [7, 11) is -1.21. The number of carbonyl (C=O) groups excluding carboxylic acids is 1. The van der Waals surface area contributed by atoms with Crippen LogP contribution in [0, 0.1) is 5.82 Å². The van der Waals surface area contributed by atoms with Crippen LogP contribution in [0.2, 0.25) is 0 Å².